The Morgan fingerprint density at radius 1 is 0.750 bits per heavy atom. The van der Waals surface area contributed by atoms with Gasteiger partial charge >= 0.3 is 12.2 Å². The van der Waals surface area contributed by atoms with Crippen molar-refractivity contribution in [2.75, 3.05) is 19.6 Å². The molecular formula is C36H44N6O6. The first-order valence-electron chi connectivity index (χ1n) is 16.4. The highest BCUT2D eigenvalue weighted by Crippen LogP contribution is 2.34. The van der Waals surface area contributed by atoms with Crippen LogP contribution in [0.1, 0.15) is 71.8 Å². The first-order valence-corrected chi connectivity index (χ1v) is 16.4. The van der Waals surface area contributed by atoms with E-state index >= 15 is 0 Å². The largest absolute Gasteiger partial charge is 0.444 e. The minimum atomic E-state index is -0.652. The third kappa shape index (κ3) is 7.44. The number of carbonyl (C=O) groups is 2. The quantitative estimate of drug-likeness (QED) is 0.334. The van der Waals surface area contributed by atoms with Gasteiger partial charge in [-0.25, -0.2) is 19.6 Å². The number of aliphatic imine (C=N–C) groups is 2. The Balaban J connectivity index is 1.11. The van der Waals surface area contributed by atoms with E-state index in [0.717, 1.165) is 33.7 Å². The smallest absolute Gasteiger partial charge is 0.411 e. The van der Waals surface area contributed by atoms with Crippen molar-refractivity contribution in [3.05, 3.63) is 66.1 Å². The van der Waals surface area contributed by atoms with E-state index in [-0.39, 0.29) is 13.1 Å². The number of amides is 2. The average Bonchev–Trinajstić information content (AvgIpc) is 3.81. The standard InChI is InChI=1S/C36H44N6O6/c1-35(2,3)47-33(45)41-19-25(43)15-29(41)31-37-17-27(39-31)23-11-7-21(8-12-23)22-9-13-24(14-10-22)28-18-38-32(40-28)30-16-26(44)20-42(30)34(46)48-36(4,5)6/h7-14,17,25-26,29-30,43-44H,15-16,18-20H2,1-6H3,(H,37,39)/t25-,26-,29-,30-/m0/s1. The second-order valence-electron chi connectivity index (χ2n) is 14.6. The minimum Gasteiger partial charge on any atom is -0.444 e. The molecule has 1 aromatic heterocycles. The lowest BCUT2D eigenvalue weighted by Gasteiger charge is -2.27. The summed E-state index contributed by atoms with van der Waals surface area (Å²) < 4.78 is 11.1. The first kappa shape index (κ1) is 33.4. The number of aromatic amines is 1. The predicted octanol–water partition coefficient (Wildman–Crippen LogP) is 5.36. The molecule has 0 bridgehead atoms. The van der Waals surface area contributed by atoms with Crippen molar-refractivity contribution in [2.24, 2.45) is 9.98 Å². The van der Waals surface area contributed by atoms with Gasteiger partial charge in [-0.15, -0.1) is 0 Å². The summed E-state index contributed by atoms with van der Waals surface area (Å²) >= 11 is 0. The molecule has 254 valence electrons. The Morgan fingerprint density at radius 2 is 1.23 bits per heavy atom. The zero-order valence-electron chi connectivity index (χ0n) is 28.3. The molecule has 3 N–H and O–H groups in total. The molecule has 4 heterocycles. The van der Waals surface area contributed by atoms with Crippen molar-refractivity contribution >= 4 is 23.7 Å². The Kier molecular flexibility index (Phi) is 8.90. The minimum absolute atomic E-state index is 0.190. The number of ether oxygens (including phenoxy) is 2. The Morgan fingerprint density at radius 3 is 1.77 bits per heavy atom. The second-order valence-corrected chi connectivity index (χ2v) is 14.6. The van der Waals surface area contributed by atoms with Gasteiger partial charge in [-0.3, -0.25) is 14.8 Å². The topological polar surface area (TPSA) is 153 Å². The van der Waals surface area contributed by atoms with Crippen LogP contribution in [0.15, 0.2) is 64.7 Å². The maximum Gasteiger partial charge on any atom is 0.411 e. The number of nitrogens with one attached hydrogen (secondary N) is 1. The number of hydrogen-bond acceptors (Lipinski definition) is 9. The number of aromatic nitrogens is 2. The molecule has 0 unspecified atom stereocenters. The van der Waals surface area contributed by atoms with Crippen molar-refractivity contribution < 1.29 is 29.3 Å². The fourth-order valence-corrected chi connectivity index (χ4v) is 6.23. The zero-order chi connectivity index (χ0) is 34.4. The molecule has 3 aliphatic heterocycles. The summed E-state index contributed by atoms with van der Waals surface area (Å²) in [5.74, 6) is 1.14. The van der Waals surface area contributed by atoms with Crippen molar-refractivity contribution in [3.63, 3.8) is 0 Å². The molecule has 3 aromatic rings. The molecule has 2 amide bonds. The van der Waals surface area contributed by atoms with E-state index in [4.69, 9.17) is 14.5 Å². The van der Waals surface area contributed by atoms with Crippen molar-refractivity contribution in [1.82, 2.24) is 19.8 Å². The highest BCUT2D eigenvalue weighted by molar-refractivity contribution is 6.14. The fraction of sp³-hybridized carbons (Fsp3) is 0.472. The molecule has 6 rings (SSSR count). The third-order valence-electron chi connectivity index (χ3n) is 8.41. The van der Waals surface area contributed by atoms with Gasteiger partial charge in [-0.05, 0) is 63.8 Å². The summed E-state index contributed by atoms with van der Waals surface area (Å²) in [7, 11) is 0. The summed E-state index contributed by atoms with van der Waals surface area (Å²) in [5, 5.41) is 20.6. The highest BCUT2D eigenvalue weighted by atomic mass is 16.6. The lowest BCUT2D eigenvalue weighted by atomic mass is 10.0. The maximum atomic E-state index is 12.8. The molecule has 2 saturated heterocycles. The first-order chi connectivity index (χ1) is 22.6. The van der Waals surface area contributed by atoms with Gasteiger partial charge in [-0.1, -0.05) is 48.5 Å². The molecule has 3 aliphatic rings. The number of H-pyrrole nitrogens is 1. The van der Waals surface area contributed by atoms with Crippen molar-refractivity contribution in [2.45, 2.75) is 89.9 Å². The molecule has 0 spiro atoms. The summed E-state index contributed by atoms with van der Waals surface area (Å²) in [4.78, 5) is 45.9. The number of carbonyl (C=O) groups excluding carboxylic acids is 2. The van der Waals surface area contributed by atoms with Crippen molar-refractivity contribution in [3.8, 4) is 22.4 Å². The van der Waals surface area contributed by atoms with Gasteiger partial charge in [0.25, 0.3) is 0 Å². The van der Waals surface area contributed by atoms with Gasteiger partial charge in [0, 0.05) is 12.8 Å². The van der Waals surface area contributed by atoms with Gasteiger partial charge in [0.2, 0.25) is 0 Å². The number of aliphatic hydroxyl groups is 2. The number of hydrogen-bond donors (Lipinski definition) is 3. The highest BCUT2D eigenvalue weighted by Gasteiger charge is 2.41. The molecule has 2 fully saturated rings. The Labute approximate surface area is 280 Å². The van der Waals surface area contributed by atoms with Crippen LogP contribution in [-0.2, 0) is 9.47 Å². The van der Waals surface area contributed by atoms with E-state index < -0.39 is 47.7 Å². The lowest BCUT2D eigenvalue weighted by Crippen LogP contribution is -2.43. The number of aliphatic hydroxyl groups excluding tert-OH is 2. The van der Waals surface area contributed by atoms with Crippen LogP contribution in [0.5, 0.6) is 0 Å². The number of likely N-dealkylation sites (tertiary alicyclic amines) is 2. The van der Waals surface area contributed by atoms with Crippen LogP contribution in [0.3, 0.4) is 0 Å². The summed E-state index contributed by atoms with van der Waals surface area (Å²) in [6.07, 6.45) is 0.261. The predicted molar refractivity (Wildman–Crippen MR) is 182 cm³/mol. The van der Waals surface area contributed by atoms with Crippen LogP contribution in [0.25, 0.3) is 22.4 Å². The van der Waals surface area contributed by atoms with Crippen LogP contribution in [0, 0.1) is 0 Å². The van der Waals surface area contributed by atoms with Crippen LogP contribution >= 0.6 is 0 Å². The number of rotatable bonds is 5. The van der Waals surface area contributed by atoms with E-state index in [1.54, 1.807) is 6.20 Å². The van der Waals surface area contributed by atoms with Gasteiger partial charge < -0.3 is 24.7 Å². The normalized spacial score (nSPS) is 22.9. The van der Waals surface area contributed by atoms with E-state index in [1.165, 1.54) is 9.80 Å². The van der Waals surface area contributed by atoms with Gasteiger partial charge in [-0.2, -0.15) is 0 Å². The number of benzene rings is 2. The van der Waals surface area contributed by atoms with Crippen molar-refractivity contribution in [1.29, 1.82) is 0 Å². The maximum absolute atomic E-state index is 12.8. The van der Waals surface area contributed by atoms with E-state index in [0.29, 0.717) is 31.0 Å². The third-order valence-corrected chi connectivity index (χ3v) is 8.41. The molecule has 0 saturated carbocycles. The molecule has 0 aliphatic carbocycles. The number of β-amino-alcohol motifs (C(OH)–C–C–N with tert-alkyl or cyclic N) is 2. The summed E-state index contributed by atoms with van der Waals surface area (Å²) in [5.41, 5.74) is 4.32. The fourth-order valence-electron chi connectivity index (χ4n) is 6.23. The molecular weight excluding hydrogens is 612 g/mol. The van der Waals surface area contributed by atoms with Gasteiger partial charge in [0.1, 0.15) is 22.9 Å². The van der Waals surface area contributed by atoms with Crippen LogP contribution in [0.2, 0.25) is 0 Å². The number of imidazole rings is 1. The van der Waals surface area contributed by atoms with Gasteiger partial charge in [0.05, 0.1) is 61.5 Å². The lowest BCUT2D eigenvalue weighted by molar-refractivity contribution is 0.0199. The SMILES string of the molecule is CC(C)(C)OC(=O)N1C[C@@H](O)C[C@H]1C1=NCC(c2ccc(-c3ccc(-c4cnc([C@@H]5C[C@H](O)CN5C(=O)OC(C)(C)C)[nH]4)cc3)cc2)=N1. The molecule has 48 heavy (non-hydrogen) atoms. The van der Waals surface area contributed by atoms with E-state index in [2.05, 4.69) is 15.0 Å². The molecule has 4 atom stereocenters. The molecule has 2 aromatic carbocycles. The van der Waals surface area contributed by atoms with Crippen LogP contribution in [-0.4, -0.2) is 103 Å². The summed E-state index contributed by atoms with van der Waals surface area (Å²) in [6.45, 7) is 11.7. The average molecular weight is 657 g/mol. The monoisotopic (exact) mass is 656 g/mol. The van der Waals surface area contributed by atoms with E-state index in [1.807, 2.05) is 90.1 Å². The number of nitrogens with zero attached hydrogens (tertiary/aromatic N) is 5. The van der Waals surface area contributed by atoms with E-state index in [9.17, 15) is 19.8 Å². The second kappa shape index (κ2) is 12.8. The molecule has 0 radical (unpaired) electrons. The van der Waals surface area contributed by atoms with Crippen LogP contribution in [0.4, 0.5) is 9.59 Å². The Hall–Kier alpha value is -4.55. The van der Waals surface area contributed by atoms with Gasteiger partial charge in [0.15, 0.2) is 0 Å². The molecule has 12 heteroatoms. The molecule has 12 nitrogen and oxygen atoms in total. The number of amidine groups is 1. The van der Waals surface area contributed by atoms with Crippen LogP contribution < -0.4 is 0 Å². The Bertz CT molecular complexity index is 1720. The zero-order valence-corrected chi connectivity index (χ0v) is 28.3. The summed E-state index contributed by atoms with van der Waals surface area (Å²) in [6, 6.07) is 15.4.